The summed E-state index contributed by atoms with van der Waals surface area (Å²) in [6, 6.07) is 15.6. The molecule has 0 aliphatic rings. The van der Waals surface area contributed by atoms with Crippen LogP contribution < -0.4 is 5.32 Å². The second-order valence-electron chi connectivity index (χ2n) is 4.80. The first-order valence-electron chi connectivity index (χ1n) is 6.93. The molecular weight excluding hydrogens is 264 g/mol. The summed E-state index contributed by atoms with van der Waals surface area (Å²) >= 11 is 0. The lowest BCUT2D eigenvalue weighted by Gasteiger charge is -2.04. The van der Waals surface area contributed by atoms with Gasteiger partial charge in [0.1, 0.15) is 5.52 Å². The fourth-order valence-corrected chi connectivity index (χ4v) is 2.25. The van der Waals surface area contributed by atoms with E-state index >= 15 is 0 Å². The topological polar surface area (TPSA) is 59.8 Å². The third-order valence-electron chi connectivity index (χ3n) is 3.29. The van der Waals surface area contributed by atoms with Gasteiger partial charge in [-0.15, -0.1) is 5.10 Å². The van der Waals surface area contributed by atoms with Crippen LogP contribution in [0.15, 0.2) is 48.5 Å². The van der Waals surface area contributed by atoms with Crippen LogP contribution in [0.25, 0.3) is 11.0 Å². The second-order valence-corrected chi connectivity index (χ2v) is 4.80. The maximum atomic E-state index is 11.8. The number of hydrogen-bond acceptors (Lipinski definition) is 3. The SMILES string of the molecule is CCNC(=O)c1ccc2c(c1)nnn2Cc1ccccc1. The first-order chi connectivity index (χ1) is 10.3. The van der Waals surface area contributed by atoms with Gasteiger partial charge in [-0.25, -0.2) is 4.68 Å². The molecule has 0 aliphatic carbocycles. The molecule has 0 saturated heterocycles. The number of aromatic nitrogens is 3. The molecule has 1 heterocycles. The molecule has 0 fully saturated rings. The summed E-state index contributed by atoms with van der Waals surface area (Å²) in [6.45, 7) is 3.17. The van der Waals surface area contributed by atoms with Crippen LogP contribution in [0.2, 0.25) is 0 Å². The Balaban J connectivity index is 1.91. The monoisotopic (exact) mass is 280 g/mol. The summed E-state index contributed by atoms with van der Waals surface area (Å²) in [5.41, 5.74) is 3.43. The molecule has 3 rings (SSSR count). The molecule has 5 nitrogen and oxygen atoms in total. The molecule has 1 N–H and O–H groups in total. The lowest BCUT2D eigenvalue weighted by molar-refractivity contribution is 0.0956. The summed E-state index contributed by atoms with van der Waals surface area (Å²) in [7, 11) is 0. The van der Waals surface area contributed by atoms with Crippen LogP contribution in [0.5, 0.6) is 0 Å². The number of benzene rings is 2. The molecule has 1 amide bonds. The molecule has 3 aromatic rings. The molecule has 106 valence electrons. The van der Waals surface area contributed by atoms with Crippen LogP contribution in [0.4, 0.5) is 0 Å². The van der Waals surface area contributed by atoms with Gasteiger partial charge in [0.05, 0.1) is 12.1 Å². The summed E-state index contributed by atoms with van der Waals surface area (Å²) in [5.74, 6) is -0.0861. The average Bonchev–Trinajstić information content (AvgIpc) is 2.91. The van der Waals surface area contributed by atoms with Gasteiger partial charge in [0, 0.05) is 12.1 Å². The third kappa shape index (κ3) is 2.76. The largest absolute Gasteiger partial charge is 0.352 e. The molecule has 0 aliphatic heterocycles. The molecule has 0 bridgehead atoms. The number of fused-ring (bicyclic) bond motifs is 1. The maximum absolute atomic E-state index is 11.8. The normalized spacial score (nSPS) is 10.7. The van der Waals surface area contributed by atoms with Gasteiger partial charge in [-0.2, -0.15) is 0 Å². The minimum absolute atomic E-state index is 0.0861. The Kier molecular flexibility index (Phi) is 3.64. The highest BCUT2D eigenvalue weighted by Gasteiger charge is 2.09. The maximum Gasteiger partial charge on any atom is 0.251 e. The zero-order valence-corrected chi connectivity index (χ0v) is 11.8. The predicted molar refractivity (Wildman–Crippen MR) is 81.1 cm³/mol. The van der Waals surface area contributed by atoms with E-state index in [0.29, 0.717) is 18.7 Å². The van der Waals surface area contributed by atoms with Crippen LogP contribution in [-0.4, -0.2) is 27.4 Å². The van der Waals surface area contributed by atoms with E-state index in [1.165, 1.54) is 0 Å². The first kappa shape index (κ1) is 13.3. The van der Waals surface area contributed by atoms with Crippen molar-refractivity contribution in [2.45, 2.75) is 13.5 Å². The molecule has 2 aromatic carbocycles. The fourth-order valence-electron chi connectivity index (χ4n) is 2.25. The Hall–Kier alpha value is -2.69. The van der Waals surface area contributed by atoms with Crippen molar-refractivity contribution in [1.29, 1.82) is 0 Å². The molecule has 1 aromatic heterocycles. The number of nitrogens with zero attached hydrogens (tertiary/aromatic N) is 3. The van der Waals surface area contributed by atoms with Gasteiger partial charge in [-0.3, -0.25) is 4.79 Å². The van der Waals surface area contributed by atoms with Gasteiger partial charge in [-0.1, -0.05) is 35.5 Å². The van der Waals surface area contributed by atoms with Crippen molar-refractivity contribution in [3.8, 4) is 0 Å². The molecule has 0 radical (unpaired) electrons. The van der Waals surface area contributed by atoms with Crippen LogP contribution in [0.3, 0.4) is 0 Å². The Labute approximate surface area is 122 Å². The molecule has 5 heteroatoms. The Morgan fingerprint density at radius 1 is 1.19 bits per heavy atom. The summed E-state index contributed by atoms with van der Waals surface area (Å²) < 4.78 is 1.84. The first-order valence-corrected chi connectivity index (χ1v) is 6.93. The molecule has 0 atom stereocenters. The highest BCUT2D eigenvalue weighted by Crippen LogP contribution is 2.15. The number of amides is 1. The van der Waals surface area contributed by atoms with E-state index in [2.05, 4.69) is 27.8 Å². The van der Waals surface area contributed by atoms with Gasteiger partial charge in [0.15, 0.2) is 0 Å². The van der Waals surface area contributed by atoms with Crippen molar-refractivity contribution in [2.75, 3.05) is 6.54 Å². The van der Waals surface area contributed by atoms with E-state index in [1.807, 2.05) is 35.9 Å². The smallest absolute Gasteiger partial charge is 0.251 e. The van der Waals surface area contributed by atoms with E-state index in [-0.39, 0.29) is 5.91 Å². The number of hydrogen-bond donors (Lipinski definition) is 1. The zero-order valence-electron chi connectivity index (χ0n) is 11.8. The lowest BCUT2D eigenvalue weighted by atomic mass is 10.2. The number of rotatable bonds is 4. The molecular formula is C16H16N4O. The van der Waals surface area contributed by atoms with E-state index in [9.17, 15) is 4.79 Å². The van der Waals surface area contributed by atoms with Gasteiger partial charge in [-0.05, 0) is 30.7 Å². The minimum Gasteiger partial charge on any atom is -0.352 e. The van der Waals surface area contributed by atoms with Crippen LogP contribution in [0, 0.1) is 0 Å². The molecule has 0 saturated carbocycles. The van der Waals surface area contributed by atoms with Crippen molar-refractivity contribution in [3.05, 3.63) is 59.7 Å². The Bertz CT molecular complexity index is 764. The summed E-state index contributed by atoms with van der Waals surface area (Å²) in [5, 5.41) is 11.1. The van der Waals surface area contributed by atoms with E-state index in [0.717, 1.165) is 16.6 Å². The van der Waals surface area contributed by atoms with E-state index < -0.39 is 0 Å². The third-order valence-corrected chi connectivity index (χ3v) is 3.29. The highest BCUT2D eigenvalue weighted by atomic mass is 16.1. The quantitative estimate of drug-likeness (QED) is 0.797. The predicted octanol–water partition coefficient (Wildman–Crippen LogP) is 2.23. The zero-order chi connectivity index (χ0) is 14.7. The van der Waals surface area contributed by atoms with Gasteiger partial charge in [0.25, 0.3) is 5.91 Å². The van der Waals surface area contributed by atoms with E-state index in [4.69, 9.17) is 0 Å². The number of nitrogens with one attached hydrogen (secondary N) is 1. The van der Waals surface area contributed by atoms with Crippen molar-refractivity contribution >= 4 is 16.9 Å². The standard InChI is InChI=1S/C16H16N4O/c1-2-17-16(21)13-8-9-15-14(10-13)18-19-20(15)11-12-6-4-3-5-7-12/h3-10H,2,11H2,1H3,(H,17,21). The number of carbonyl (C=O) groups is 1. The Morgan fingerprint density at radius 2 is 2.00 bits per heavy atom. The number of carbonyl (C=O) groups excluding carboxylic acids is 1. The van der Waals surface area contributed by atoms with Gasteiger partial charge >= 0.3 is 0 Å². The van der Waals surface area contributed by atoms with Gasteiger partial charge < -0.3 is 5.32 Å². The average molecular weight is 280 g/mol. The van der Waals surface area contributed by atoms with Crippen molar-refractivity contribution < 1.29 is 4.79 Å². The van der Waals surface area contributed by atoms with Crippen LogP contribution >= 0.6 is 0 Å². The summed E-state index contributed by atoms with van der Waals surface area (Å²) in [6.07, 6.45) is 0. The van der Waals surface area contributed by atoms with Crippen molar-refractivity contribution in [2.24, 2.45) is 0 Å². The fraction of sp³-hybridized carbons (Fsp3) is 0.188. The van der Waals surface area contributed by atoms with Crippen LogP contribution in [0.1, 0.15) is 22.8 Å². The second kappa shape index (κ2) is 5.75. The summed E-state index contributed by atoms with van der Waals surface area (Å²) in [4.78, 5) is 11.8. The molecule has 21 heavy (non-hydrogen) atoms. The molecule has 0 spiro atoms. The molecule has 0 unspecified atom stereocenters. The van der Waals surface area contributed by atoms with Crippen molar-refractivity contribution in [1.82, 2.24) is 20.3 Å². The lowest BCUT2D eigenvalue weighted by Crippen LogP contribution is -2.22. The highest BCUT2D eigenvalue weighted by molar-refractivity contribution is 5.97. The minimum atomic E-state index is -0.0861. The van der Waals surface area contributed by atoms with E-state index in [1.54, 1.807) is 12.1 Å². The van der Waals surface area contributed by atoms with Crippen LogP contribution in [-0.2, 0) is 6.54 Å². The van der Waals surface area contributed by atoms with Gasteiger partial charge in [0.2, 0.25) is 0 Å². The Morgan fingerprint density at radius 3 is 2.76 bits per heavy atom. The van der Waals surface area contributed by atoms with Crippen molar-refractivity contribution in [3.63, 3.8) is 0 Å².